The van der Waals surface area contributed by atoms with Crippen LogP contribution in [-0.2, 0) is 0 Å². The molecular formula is C10H16F2N2S. The zero-order chi connectivity index (χ0) is 10.8. The van der Waals surface area contributed by atoms with Gasteiger partial charge in [0, 0.05) is 18.9 Å². The molecule has 0 amide bonds. The highest BCUT2D eigenvalue weighted by atomic mass is 32.2. The van der Waals surface area contributed by atoms with Gasteiger partial charge in [-0.05, 0) is 30.4 Å². The summed E-state index contributed by atoms with van der Waals surface area (Å²) in [6.07, 6.45) is 2.86. The van der Waals surface area contributed by atoms with Crippen LogP contribution in [0.1, 0.15) is 12.8 Å². The quantitative estimate of drug-likeness (QED) is 0.701. The normalized spacial score (nSPS) is 52.4. The SMILES string of the molecule is CSC1C2C3CC(C2CN1N)C(F)(F)C3. The molecule has 1 aliphatic heterocycles. The highest BCUT2D eigenvalue weighted by molar-refractivity contribution is 7.99. The molecule has 3 aliphatic rings. The molecule has 2 N–H and O–H groups in total. The van der Waals surface area contributed by atoms with Crippen molar-refractivity contribution in [3.05, 3.63) is 0 Å². The Morgan fingerprint density at radius 1 is 1.47 bits per heavy atom. The van der Waals surface area contributed by atoms with E-state index in [0.29, 0.717) is 12.5 Å². The molecule has 3 fully saturated rings. The van der Waals surface area contributed by atoms with Gasteiger partial charge in [-0.15, -0.1) is 11.8 Å². The van der Waals surface area contributed by atoms with E-state index < -0.39 is 11.8 Å². The fourth-order valence-electron chi connectivity index (χ4n) is 4.04. The lowest BCUT2D eigenvalue weighted by Crippen LogP contribution is -2.37. The van der Waals surface area contributed by atoms with Crippen LogP contribution < -0.4 is 5.84 Å². The molecule has 2 nitrogen and oxygen atoms in total. The summed E-state index contributed by atoms with van der Waals surface area (Å²) in [5.41, 5.74) is 0. The van der Waals surface area contributed by atoms with Crippen LogP contribution in [0, 0.1) is 23.7 Å². The fourth-order valence-corrected chi connectivity index (χ4v) is 5.13. The summed E-state index contributed by atoms with van der Waals surface area (Å²) in [4.78, 5) is 0. The van der Waals surface area contributed by atoms with Gasteiger partial charge in [0.05, 0.1) is 5.37 Å². The molecule has 2 aliphatic carbocycles. The van der Waals surface area contributed by atoms with Gasteiger partial charge in [0.2, 0.25) is 0 Å². The Morgan fingerprint density at radius 2 is 2.20 bits per heavy atom. The number of nitrogens with two attached hydrogens (primary N) is 1. The number of rotatable bonds is 1. The van der Waals surface area contributed by atoms with Crippen molar-refractivity contribution >= 4 is 11.8 Å². The lowest BCUT2D eigenvalue weighted by Gasteiger charge is -2.32. The number of hydrogen-bond donors (Lipinski definition) is 1. The Bertz CT molecular complexity index is 287. The van der Waals surface area contributed by atoms with Gasteiger partial charge in [0.15, 0.2) is 0 Å². The molecule has 1 heterocycles. The van der Waals surface area contributed by atoms with E-state index in [4.69, 9.17) is 5.84 Å². The topological polar surface area (TPSA) is 29.3 Å². The van der Waals surface area contributed by atoms with E-state index in [0.717, 1.165) is 6.42 Å². The van der Waals surface area contributed by atoms with Crippen molar-refractivity contribution in [3.63, 3.8) is 0 Å². The molecule has 0 aromatic carbocycles. The van der Waals surface area contributed by atoms with Gasteiger partial charge in [-0.3, -0.25) is 5.84 Å². The molecule has 0 aromatic heterocycles. The fraction of sp³-hybridized carbons (Fsp3) is 1.00. The Hall–Kier alpha value is 0.130. The third kappa shape index (κ3) is 1.23. The van der Waals surface area contributed by atoms with Crippen LogP contribution in [0.2, 0.25) is 0 Å². The Balaban J connectivity index is 1.89. The van der Waals surface area contributed by atoms with Gasteiger partial charge < -0.3 is 0 Å². The van der Waals surface area contributed by atoms with Crippen LogP contribution in [0.5, 0.6) is 0 Å². The highest BCUT2D eigenvalue weighted by Crippen LogP contribution is 2.63. The number of hydrazine groups is 1. The molecule has 1 saturated heterocycles. The minimum atomic E-state index is -2.42. The first-order chi connectivity index (χ1) is 7.04. The van der Waals surface area contributed by atoms with Gasteiger partial charge in [-0.25, -0.2) is 13.8 Å². The second kappa shape index (κ2) is 3.08. The maximum absolute atomic E-state index is 13.6. The van der Waals surface area contributed by atoms with Crippen LogP contribution in [0.3, 0.4) is 0 Å². The Morgan fingerprint density at radius 3 is 2.87 bits per heavy atom. The van der Waals surface area contributed by atoms with E-state index in [-0.39, 0.29) is 23.6 Å². The molecule has 2 saturated carbocycles. The Kier molecular flexibility index (Phi) is 2.11. The summed E-state index contributed by atoms with van der Waals surface area (Å²) in [6, 6.07) is 0. The molecular weight excluding hydrogens is 218 g/mol. The summed E-state index contributed by atoms with van der Waals surface area (Å²) in [7, 11) is 0. The van der Waals surface area contributed by atoms with Crippen LogP contribution in [0.15, 0.2) is 0 Å². The molecule has 5 unspecified atom stereocenters. The maximum atomic E-state index is 13.6. The number of nitrogens with zero attached hydrogens (tertiary/aromatic N) is 1. The lowest BCUT2D eigenvalue weighted by atomic mass is 9.79. The molecule has 2 bridgehead atoms. The van der Waals surface area contributed by atoms with Gasteiger partial charge in [0.1, 0.15) is 0 Å². The van der Waals surface area contributed by atoms with Crippen LogP contribution >= 0.6 is 11.8 Å². The van der Waals surface area contributed by atoms with E-state index in [2.05, 4.69) is 0 Å². The minimum Gasteiger partial charge on any atom is -0.268 e. The molecule has 5 heteroatoms. The highest BCUT2D eigenvalue weighted by Gasteiger charge is 2.65. The predicted octanol–water partition coefficient (Wildman–Crippen LogP) is 1.77. The third-order valence-electron chi connectivity index (χ3n) is 4.51. The largest absolute Gasteiger partial charge is 0.268 e. The third-order valence-corrected chi connectivity index (χ3v) is 5.58. The van der Waals surface area contributed by atoms with E-state index in [1.807, 2.05) is 6.26 Å². The molecule has 0 aromatic rings. The second-order valence-corrected chi connectivity index (χ2v) is 6.09. The molecule has 0 radical (unpaired) electrons. The standard InChI is InChI=1S/C10H16F2N2S/c1-15-9-8-5-2-7(10(11,12)3-5)6(8)4-14(9)13/h5-9H,2-4,13H2,1H3. The number of thioether (sulfide) groups is 1. The minimum absolute atomic E-state index is 0.101. The van der Waals surface area contributed by atoms with E-state index >= 15 is 0 Å². The van der Waals surface area contributed by atoms with Crippen molar-refractivity contribution in [3.8, 4) is 0 Å². The Labute approximate surface area is 92.5 Å². The molecule has 0 spiro atoms. The first kappa shape index (κ1) is 10.3. The van der Waals surface area contributed by atoms with Crippen molar-refractivity contribution < 1.29 is 8.78 Å². The van der Waals surface area contributed by atoms with Gasteiger partial charge in [-0.1, -0.05) is 0 Å². The smallest absolute Gasteiger partial charge is 0.251 e. The van der Waals surface area contributed by atoms with E-state index in [9.17, 15) is 8.78 Å². The van der Waals surface area contributed by atoms with E-state index in [1.54, 1.807) is 16.8 Å². The average Bonchev–Trinajstić information content (AvgIpc) is 2.71. The number of fused-ring (bicyclic) bond motifs is 5. The van der Waals surface area contributed by atoms with E-state index in [1.165, 1.54) is 0 Å². The van der Waals surface area contributed by atoms with Crippen molar-refractivity contribution in [1.82, 2.24) is 5.01 Å². The molecule has 86 valence electrons. The zero-order valence-corrected chi connectivity index (χ0v) is 9.51. The van der Waals surface area contributed by atoms with Crippen LogP contribution in [-0.4, -0.2) is 29.1 Å². The maximum Gasteiger partial charge on any atom is 0.251 e. The van der Waals surface area contributed by atoms with Crippen molar-refractivity contribution in [1.29, 1.82) is 0 Å². The summed E-state index contributed by atoms with van der Waals surface area (Å²) in [5, 5.41) is 2.04. The summed E-state index contributed by atoms with van der Waals surface area (Å²) >= 11 is 1.71. The van der Waals surface area contributed by atoms with Crippen molar-refractivity contribution in [2.24, 2.45) is 29.5 Å². The monoisotopic (exact) mass is 234 g/mol. The first-order valence-electron chi connectivity index (χ1n) is 5.46. The van der Waals surface area contributed by atoms with Gasteiger partial charge in [0.25, 0.3) is 5.92 Å². The summed E-state index contributed by atoms with van der Waals surface area (Å²) < 4.78 is 27.1. The first-order valence-corrected chi connectivity index (χ1v) is 6.75. The zero-order valence-electron chi connectivity index (χ0n) is 8.70. The van der Waals surface area contributed by atoms with Crippen LogP contribution in [0.4, 0.5) is 8.78 Å². The average molecular weight is 234 g/mol. The number of hydrogen-bond acceptors (Lipinski definition) is 3. The summed E-state index contributed by atoms with van der Waals surface area (Å²) in [5.74, 6) is 3.84. The number of halogens is 2. The van der Waals surface area contributed by atoms with Crippen LogP contribution in [0.25, 0.3) is 0 Å². The van der Waals surface area contributed by atoms with Gasteiger partial charge in [-0.2, -0.15) is 0 Å². The lowest BCUT2D eigenvalue weighted by molar-refractivity contribution is -0.0784. The molecule has 5 atom stereocenters. The number of alkyl halides is 2. The van der Waals surface area contributed by atoms with Crippen molar-refractivity contribution in [2.75, 3.05) is 12.8 Å². The van der Waals surface area contributed by atoms with Crippen molar-refractivity contribution in [2.45, 2.75) is 24.1 Å². The molecule has 3 rings (SSSR count). The second-order valence-electron chi connectivity index (χ2n) is 5.13. The molecule has 15 heavy (non-hydrogen) atoms. The summed E-state index contributed by atoms with van der Waals surface area (Å²) in [6.45, 7) is 0.660. The predicted molar refractivity (Wildman–Crippen MR) is 56.3 cm³/mol. The van der Waals surface area contributed by atoms with Gasteiger partial charge >= 0.3 is 0 Å².